The van der Waals surface area contributed by atoms with E-state index in [2.05, 4.69) is 22.9 Å². The van der Waals surface area contributed by atoms with Gasteiger partial charge in [-0.3, -0.25) is 4.79 Å². The maximum Gasteiger partial charge on any atom is 0.228 e. The van der Waals surface area contributed by atoms with E-state index in [-0.39, 0.29) is 11.0 Å². The van der Waals surface area contributed by atoms with Gasteiger partial charge in [0, 0.05) is 12.1 Å². The monoisotopic (exact) mass is 507 g/mol. The van der Waals surface area contributed by atoms with Crippen molar-refractivity contribution in [3.05, 3.63) is 29.3 Å². The summed E-state index contributed by atoms with van der Waals surface area (Å²) in [4.78, 5) is 12.3. The second kappa shape index (κ2) is 15.2. The van der Waals surface area contributed by atoms with Crippen LogP contribution in [0, 0.1) is 13.8 Å². The standard InChI is InChI=1S/C23H36Cl3N3OS/c1-4-5-6-7-8-9-10-11-12-13-20(30)28-21(23(24,25)26)29-22(31)27-19-15-14-17(2)16-18(19)3/h14-16,21H,4-13H2,1-3H3,(H,28,30)(H2,27,29,31)/t21-/m0/s1. The molecule has 0 aliphatic heterocycles. The van der Waals surface area contributed by atoms with Crippen molar-refractivity contribution in [2.75, 3.05) is 5.32 Å². The van der Waals surface area contributed by atoms with Crippen molar-refractivity contribution in [2.24, 2.45) is 0 Å². The summed E-state index contributed by atoms with van der Waals surface area (Å²) in [6, 6.07) is 5.97. The number of aryl methyl sites for hydroxylation is 2. The molecule has 0 saturated carbocycles. The molecule has 176 valence electrons. The van der Waals surface area contributed by atoms with E-state index in [0.29, 0.717) is 6.42 Å². The number of carbonyl (C=O) groups excluding carboxylic acids is 1. The fourth-order valence-corrected chi connectivity index (χ4v) is 3.83. The molecule has 0 aliphatic rings. The second-order valence-corrected chi connectivity index (χ2v) is 10.8. The van der Waals surface area contributed by atoms with Crippen molar-refractivity contribution in [2.45, 2.75) is 94.9 Å². The third-order valence-corrected chi connectivity index (χ3v) is 5.92. The molecule has 1 aromatic rings. The Morgan fingerprint density at radius 1 is 0.968 bits per heavy atom. The maximum absolute atomic E-state index is 12.3. The van der Waals surface area contributed by atoms with Crippen LogP contribution in [0.2, 0.25) is 0 Å². The number of alkyl halides is 3. The van der Waals surface area contributed by atoms with Gasteiger partial charge in [0.05, 0.1) is 0 Å². The van der Waals surface area contributed by atoms with Gasteiger partial charge in [-0.2, -0.15) is 0 Å². The number of unbranched alkanes of at least 4 members (excludes halogenated alkanes) is 8. The molecule has 0 radical (unpaired) electrons. The molecule has 0 unspecified atom stereocenters. The molecule has 0 fully saturated rings. The molecule has 1 rings (SSSR count). The molecule has 31 heavy (non-hydrogen) atoms. The van der Waals surface area contributed by atoms with Gasteiger partial charge in [-0.25, -0.2) is 0 Å². The first kappa shape index (κ1) is 28.3. The van der Waals surface area contributed by atoms with Crippen LogP contribution in [-0.2, 0) is 4.79 Å². The van der Waals surface area contributed by atoms with Gasteiger partial charge in [0.2, 0.25) is 9.70 Å². The quantitative estimate of drug-likeness (QED) is 0.113. The number of hydrogen-bond donors (Lipinski definition) is 3. The number of halogens is 3. The van der Waals surface area contributed by atoms with Gasteiger partial charge >= 0.3 is 0 Å². The van der Waals surface area contributed by atoms with Crippen molar-refractivity contribution in [1.82, 2.24) is 10.6 Å². The average molecular weight is 509 g/mol. The summed E-state index contributed by atoms with van der Waals surface area (Å²) in [5, 5.41) is 9.02. The first-order chi connectivity index (χ1) is 14.6. The SMILES string of the molecule is CCCCCCCCCCCC(=O)N[C@@H](NC(=S)Nc1ccc(C)cc1C)C(Cl)(Cl)Cl. The van der Waals surface area contributed by atoms with Crippen molar-refractivity contribution < 1.29 is 4.79 Å². The van der Waals surface area contributed by atoms with E-state index in [4.69, 9.17) is 47.0 Å². The number of thiocarbonyl (C=S) groups is 1. The summed E-state index contributed by atoms with van der Waals surface area (Å²) < 4.78 is -1.75. The smallest absolute Gasteiger partial charge is 0.228 e. The molecule has 0 aromatic heterocycles. The summed E-state index contributed by atoms with van der Waals surface area (Å²) in [6.07, 6.45) is 10.2. The highest BCUT2D eigenvalue weighted by Gasteiger charge is 2.34. The number of carbonyl (C=O) groups is 1. The van der Waals surface area contributed by atoms with Crippen LogP contribution in [0.15, 0.2) is 18.2 Å². The van der Waals surface area contributed by atoms with Gasteiger partial charge in [-0.15, -0.1) is 0 Å². The molecule has 0 saturated heterocycles. The number of amides is 1. The van der Waals surface area contributed by atoms with E-state index in [1.807, 2.05) is 32.0 Å². The first-order valence-electron chi connectivity index (χ1n) is 11.1. The molecular weight excluding hydrogens is 473 g/mol. The fourth-order valence-electron chi connectivity index (χ4n) is 3.27. The number of nitrogens with one attached hydrogen (secondary N) is 3. The van der Waals surface area contributed by atoms with Crippen LogP contribution in [0.4, 0.5) is 5.69 Å². The zero-order valence-corrected chi connectivity index (χ0v) is 21.9. The first-order valence-corrected chi connectivity index (χ1v) is 12.7. The lowest BCUT2D eigenvalue weighted by Gasteiger charge is -2.28. The molecule has 0 bridgehead atoms. The largest absolute Gasteiger partial charge is 0.339 e. The second-order valence-electron chi connectivity index (χ2n) is 8.04. The molecule has 3 N–H and O–H groups in total. The lowest BCUT2D eigenvalue weighted by molar-refractivity contribution is -0.122. The Morgan fingerprint density at radius 3 is 2.10 bits per heavy atom. The Kier molecular flexibility index (Phi) is 13.8. The van der Waals surface area contributed by atoms with E-state index >= 15 is 0 Å². The molecule has 8 heteroatoms. The van der Waals surface area contributed by atoms with Crippen LogP contribution in [0.1, 0.15) is 82.3 Å². The topological polar surface area (TPSA) is 53.2 Å². The predicted octanol–water partition coefficient (Wildman–Crippen LogP) is 7.32. The number of benzene rings is 1. The van der Waals surface area contributed by atoms with Crippen LogP contribution in [0.5, 0.6) is 0 Å². The third kappa shape index (κ3) is 12.8. The van der Waals surface area contributed by atoms with E-state index in [9.17, 15) is 4.79 Å². The normalized spacial score (nSPS) is 12.3. The van der Waals surface area contributed by atoms with E-state index in [1.165, 1.54) is 38.5 Å². The summed E-state index contributed by atoms with van der Waals surface area (Å²) in [7, 11) is 0. The number of anilines is 1. The van der Waals surface area contributed by atoms with Crippen molar-refractivity contribution in [3.8, 4) is 0 Å². The van der Waals surface area contributed by atoms with Crippen molar-refractivity contribution in [1.29, 1.82) is 0 Å². The summed E-state index contributed by atoms with van der Waals surface area (Å²) in [6.45, 7) is 6.23. The highest BCUT2D eigenvalue weighted by Crippen LogP contribution is 2.29. The van der Waals surface area contributed by atoms with Gasteiger partial charge in [0.15, 0.2) is 5.11 Å². The van der Waals surface area contributed by atoms with Gasteiger partial charge in [-0.05, 0) is 44.1 Å². The Labute approximate surface area is 208 Å². The minimum absolute atomic E-state index is 0.166. The lowest BCUT2D eigenvalue weighted by Crippen LogP contribution is -2.56. The summed E-state index contributed by atoms with van der Waals surface area (Å²) >= 11 is 23.5. The Hall–Kier alpha value is -0.750. The molecule has 1 atom stereocenters. The minimum atomic E-state index is -1.75. The Bertz CT molecular complexity index is 695. The zero-order chi connectivity index (χ0) is 23.3. The molecule has 1 amide bonds. The Balaban J connectivity index is 2.39. The minimum Gasteiger partial charge on any atom is -0.339 e. The average Bonchev–Trinajstić information content (AvgIpc) is 2.67. The van der Waals surface area contributed by atoms with Crippen LogP contribution in [0.25, 0.3) is 0 Å². The van der Waals surface area contributed by atoms with Crippen LogP contribution in [-0.4, -0.2) is 21.0 Å². The van der Waals surface area contributed by atoms with Crippen molar-refractivity contribution in [3.63, 3.8) is 0 Å². The molecule has 1 aromatic carbocycles. The maximum atomic E-state index is 12.3. The van der Waals surface area contributed by atoms with Crippen LogP contribution >= 0.6 is 47.0 Å². The van der Waals surface area contributed by atoms with Gasteiger partial charge < -0.3 is 16.0 Å². The van der Waals surface area contributed by atoms with E-state index < -0.39 is 9.96 Å². The molecule has 0 heterocycles. The molecule has 4 nitrogen and oxygen atoms in total. The van der Waals surface area contributed by atoms with E-state index in [1.54, 1.807) is 0 Å². The van der Waals surface area contributed by atoms with Crippen LogP contribution in [0.3, 0.4) is 0 Å². The highest BCUT2D eigenvalue weighted by atomic mass is 35.6. The van der Waals surface area contributed by atoms with Crippen LogP contribution < -0.4 is 16.0 Å². The fraction of sp³-hybridized carbons (Fsp3) is 0.652. The van der Waals surface area contributed by atoms with Crippen molar-refractivity contribution >= 4 is 63.7 Å². The summed E-state index contributed by atoms with van der Waals surface area (Å²) in [5.41, 5.74) is 3.06. The third-order valence-electron chi connectivity index (χ3n) is 5.05. The van der Waals surface area contributed by atoms with Gasteiger partial charge in [0.1, 0.15) is 6.17 Å². The predicted molar refractivity (Wildman–Crippen MR) is 139 cm³/mol. The lowest BCUT2D eigenvalue weighted by atomic mass is 10.1. The Morgan fingerprint density at radius 2 is 1.55 bits per heavy atom. The molecule has 0 aliphatic carbocycles. The summed E-state index contributed by atoms with van der Waals surface area (Å²) in [5.74, 6) is -0.166. The van der Waals surface area contributed by atoms with Gasteiger partial charge in [-0.1, -0.05) is 111 Å². The zero-order valence-electron chi connectivity index (χ0n) is 18.8. The van der Waals surface area contributed by atoms with Gasteiger partial charge in [0.25, 0.3) is 0 Å². The number of hydrogen-bond acceptors (Lipinski definition) is 2. The molecule has 0 spiro atoms. The highest BCUT2D eigenvalue weighted by molar-refractivity contribution is 7.80. The number of rotatable bonds is 13. The molecular formula is C23H36Cl3N3OS. The van der Waals surface area contributed by atoms with E-state index in [0.717, 1.165) is 36.1 Å².